The zero-order chi connectivity index (χ0) is 20.2. The van der Waals surface area contributed by atoms with Crippen LogP contribution in [0.4, 0.5) is 18.9 Å². The van der Waals surface area contributed by atoms with E-state index in [9.17, 15) is 21.6 Å². The van der Waals surface area contributed by atoms with E-state index in [1.807, 2.05) is 4.72 Å². The Balaban J connectivity index is 2.38. The van der Waals surface area contributed by atoms with Crippen molar-refractivity contribution >= 4 is 15.7 Å². The lowest BCUT2D eigenvalue weighted by Gasteiger charge is -2.16. The van der Waals surface area contributed by atoms with Gasteiger partial charge in [-0.05, 0) is 18.1 Å². The lowest BCUT2D eigenvalue weighted by molar-refractivity contribution is -0.106. The molecule has 2 rings (SSSR count). The zero-order valence-corrected chi connectivity index (χ0v) is 15.6. The number of hydrogen-bond donors (Lipinski definition) is 1. The molecule has 0 saturated carbocycles. The summed E-state index contributed by atoms with van der Waals surface area (Å²) in [6, 6.07) is 6.28. The van der Waals surface area contributed by atoms with Crippen LogP contribution in [-0.4, -0.2) is 44.5 Å². The number of aryl methyl sites for hydroxylation is 1. The molecule has 0 atom stereocenters. The SMILES string of the molecule is COc1cc(OC)nc(Cc2cccc(C)c2NS(=O)(=O)CC(F)(F)F)n1. The number of hydrogen-bond acceptors (Lipinski definition) is 6. The molecule has 0 spiro atoms. The predicted octanol–water partition coefficient (Wildman–Crippen LogP) is 2.70. The summed E-state index contributed by atoms with van der Waals surface area (Å²) in [5, 5.41) is 0. The Kier molecular flexibility index (Phi) is 6.14. The Morgan fingerprint density at radius 3 is 2.22 bits per heavy atom. The highest BCUT2D eigenvalue weighted by Gasteiger charge is 2.35. The summed E-state index contributed by atoms with van der Waals surface area (Å²) in [6.07, 6.45) is -4.79. The summed E-state index contributed by atoms with van der Waals surface area (Å²) in [4.78, 5) is 8.30. The van der Waals surface area contributed by atoms with Crippen molar-refractivity contribution in [2.75, 3.05) is 24.7 Å². The molecule has 0 aliphatic rings. The van der Waals surface area contributed by atoms with Gasteiger partial charge in [-0.3, -0.25) is 4.72 Å². The average Bonchev–Trinajstić information content (AvgIpc) is 2.55. The van der Waals surface area contributed by atoms with Crippen LogP contribution >= 0.6 is 0 Å². The number of ether oxygens (including phenoxy) is 2. The molecule has 0 unspecified atom stereocenters. The van der Waals surface area contributed by atoms with Gasteiger partial charge in [-0.1, -0.05) is 18.2 Å². The van der Waals surface area contributed by atoms with Crippen LogP contribution < -0.4 is 14.2 Å². The lowest BCUT2D eigenvalue weighted by atomic mass is 10.1. The van der Waals surface area contributed by atoms with Crippen molar-refractivity contribution in [3.63, 3.8) is 0 Å². The number of rotatable bonds is 7. The second-order valence-corrected chi connectivity index (χ2v) is 7.35. The van der Waals surface area contributed by atoms with Crippen LogP contribution in [0.15, 0.2) is 24.3 Å². The highest BCUT2D eigenvalue weighted by atomic mass is 32.2. The van der Waals surface area contributed by atoms with Gasteiger partial charge in [0, 0.05) is 6.42 Å². The minimum absolute atomic E-state index is 0.0547. The van der Waals surface area contributed by atoms with Crippen molar-refractivity contribution < 1.29 is 31.1 Å². The third kappa shape index (κ3) is 5.98. The Hall–Kier alpha value is -2.56. The van der Waals surface area contributed by atoms with Crippen LogP contribution in [0.25, 0.3) is 0 Å². The molecular formula is C16H18F3N3O4S. The van der Waals surface area contributed by atoms with Gasteiger partial charge in [0.1, 0.15) is 5.82 Å². The van der Waals surface area contributed by atoms with E-state index >= 15 is 0 Å². The van der Waals surface area contributed by atoms with Crippen molar-refractivity contribution in [2.24, 2.45) is 0 Å². The van der Waals surface area contributed by atoms with Crippen LogP contribution in [0.1, 0.15) is 17.0 Å². The summed E-state index contributed by atoms with van der Waals surface area (Å²) in [5.41, 5.74) is 0.941. The second-order valence-electron chi connectivity index (χ2n) is 5.63. The number of para-hydroxylation sites is 1. The van der Waals surface area contributed by atoms with Gasteiger partial charge in [0.25, 0.3) is 0 Å². The third-order valence-electron chi connectivity index (χ3n) is 3.46. The fourth-order valence-corrected chi connectivity index (χ4v) is 3.44. The average molecular weight is 405 g/mol. The van der Waals surface area contributed by atoms with Gasteiger partial charge < -0.3 is 9.47 Å². The Labute approximate surface area is 154 Å². The van der Waals surface area contributed by atoms with Gasteiger partial charge in [0.2, 0.25) is 21.8 Å². The first-order valence-electron chi connectivity index (χ1n) is 7.64. The number of sulfonamides is 1. The molecule has 1 N–H and O–H groups in total. The summed E-state index contributed by atoms with van der Waals surface area (Å²) < 4.78 is 73.4. The van der Waals surface area contributed by atoms with Crippen molar-refractivity contribution in [3.8, 4) is 11.8 Å². The maximum Gasteiger partial charge on any atom is 0.404 e. The Morgan fingerprint density at radius 1 is 1.11 bits per heavy atom. The van der Waals surface area contributed by atoms with Gasteiger partial charge in [0.15, 0.2) is 5.75 Å². The number of halogens is 3. The molecule has 148 valence electrons. The number of nitrogens with one attached hydrogen (secondary N) is 1. The number of anilines is 1. The third-order valence-corrected chi connectivity index (χ3v) is 4.69. The number of alkyl halides is 3. The minimum atomic E-state index is -4.85. The van der Waals surface area contributed by atoms with E-state index in [4.69, 9.17) is 9.47 Å². The van der Waals surface area contributed by atoms with E-state index in [1.54, 1.807) is 25.1 Å². The fourth-order valence-electron chi connectivity index (χ4n) is 2.34. The molecule has 0 aliphatic carbocycles. The normalized spacial score (nSPS) is 11.9. The predicted molar refractivity (Wildman–Crippen MR) is 92.6 cm³/mol. The molecule has 0 bridgehead atoms. The van der Waals surface area contributed by atoms with Crippen LogP contribution in [-0.2, 0) is 16.4 Å². The molecule has 0 amide bonds. The molecule has 2 aromatic rings. The van der Waals surface area contributed by atoms with Gasteiger partial charge >= 0.3 is 6.18 Å². The minimum Gasteiger partial charge on any atom is -0.481 e. The van der Waals surface area contributed by atoms with E-state index in [1.165, 1.54) is 20.3 Å². The second kappa shape index (κ2) is 7.99. The van der Waals surface area contributed by atoms with Crippen molar-refractivity contribution in [2.45, 2.75) is 19.5 Å². The molecule has 0 fully saturated rings. The monoisotopic (exact) mass is 405 g/mol. The number of aromatic nitrogens is 2. The van der Waals surface area contributed by atoms with Crippen LogP contribution in [0, 0.1) is 6.92 Å². The van der Waals surface area contributed by atoms with Gasteiger partial charge in [0.05, 0.1) is 26.0 Å². The Bertz CT molecular complexity index is 895. The summed E-state index contributed by atoms with van der Waals surface area (Å²) in [6.45, 7) is 1.59. The zero-order valence-electron chi connectivity index (χ0n) is 14.8. The summed E-state index contributed by atoms with van der Waals surface area (Å²) in [5.74, 6) is -1.24. The van der Waals surface area contributed by atoms with E-state index in [2.05, 4.69) is 9.97 Å². The Morgan fingerprint density at radius 2 is 1.70 bits per heavy atom. The van der Waals surface area contributed by atoms with Crippen molar-refractivity contribution in [1.82, 2.24) is 9.97 Å². The molecule has 7 nitrogen and oxygen atoms in total. The maximum absolute atomic E-state index is 12.5. The highest BCUT2D eigenvalue weighted by molar-refractivity contribution is 7.92. The van der Waals surface area contributed by atoms with E-state index in [0.29, 0.717) is 11.1 Å². The van der Waals surface area contributed by atoms with Gasteiger partial charge in [-0.25, -0.2) is 8.42 Å². The lowest BCUT2D eigenvalue weighted by Crippen LogP contribution is -2.28. The van der Waals surface area contributed by atoms with Crippen molar-refractivity contribution in [3.05, 3.63) is 41.2 Å². The molecule has 11 heteroatoms. The molecule has 0 saturated heterocycles. The topological polar surface area (TPSA) is 90.4 Å². The smallest absolute Gasteiger partial charge is 0.404 e. The highest BCUT2D eigenvalue weighted by Crippen LogP contribution is 2.27. The van der Waals surface area contributed by atoms with Crippen LogP contribution in [0.5, 0.6) is 11.8 Å². The fraction of sp³-hybridized carbons (Fsp3) is 0.375. The number of nitrogens with zero attached hydrogens (tertiary/aromatic N) is 2. The molecule has 1 heterocycles. The standard InChI is InChI=1S/C16H18F3N3O4S/c1-10-5-4-6-11(15(10)22-27(23,24)9-16(17,18)19)7-12-20-13(25-2)8-14(21-12)26-3/h4-6,8,22H,7,9H2,1-3H3. The van der Waals surface area contributed by atoms with Crippen LogP contribution in [0.3, 0.4) is 0 Å². The molecule has 1 aromatic heterocycles. The van der Waals surface area contributed by atoms with Crippen molar-refractivity contribution in [1.29, 1.82) is 0 Å². The first-order valence-corrected chi connectivity index (χ1v) is 9.30. The first-order chi connectivity index (χ1) is 12.5. The molecule has 1 aromatic carbocycles. The largest absolute Gasteiger partial charge is 0.481 e. The summed E-state index contributed by atoms with van der Waals surface area (Å²) >= 11 is 0. The number of benzene rings is 1. The first kappa shape index (κ1) is 20.7. The summed E-state index contributed by atoms with van der Waals surface area (Å²) in [7, 11) is -1.80. The quantitative estimate of drug-likeness (QED) is 0.762. The van der Waals surface area contributed by atoms with E-state index in [0.717, 1.165) is 0 Å². The van der Waals surface area contributed by atoms with E-state index in [-0.39, 0.29) is 29.7 Å². The van der Waals surface area contributed by atoms with Crippen LogP contribution in [0.2, 0.25) is 0 Å². The molecule has 27 heavy (non-hydrogen) atoms. The van der Waals surface area contributed by atoms with E-state index < -0.39 is 22.0 Å². The van der Waals surface area contributed by atoms with Gasteiger partial charge in [-0.2, -0.15) is 23.1 Å². The molecular weight excluding hydrogens is 387 g/mol. The molecule has 0 aliphatic heterocycles. The molecule has 0 radical (unpaired) electrons. The maximum atomic E-state index is 12.5. The number of methoxy groups -OCH3 is 2. The van der Waals surface area contributed by atoms with Gasteiger partial charge in [-0.15, -0.1) is 0 Å².